The fraction of sp³-hybridized carbons (Fsp3) is 0.529. The molecule has 1 aromatic rings. The van der Waals surface area contributed by atoms with Gasteiger partial charge in [-0.2, -0.15) is 13.2 Å². The van der Waals surface area contributed by atoms with Gasteiger partial charge in [-0.1, -0.05) is 25.1 Å². The highest BCUT2D eigenvalue weighted by atomic mass is 19.4. The molecular weight excluding hydrogens is 337 g/mol. The van der Waals surface area contributed by atoms with Crippen LogP contribution in [0.15, 0.2) is 24.3 Å². The van der Waals surface area contributed by atoms with Crippen molar-refractivity contribution in [3.8, 4) is 0 Å². The molecule has 5 nitrogen and oxygen atoms in total. The quantitative estimate of drug-likeness (QED) is 0.698. The minimum Gasteiger partial charge on any atom is -0.387 e. The molecule has 0 aliphatic heterocycles. The molecular formula is C17H21F3N2O3. The predicted octanol–water partition coefficient (Wildman–Crippen LogP) is 2.02. The Morgan fingerprint density at radius 2 is 1.92 bits per heavy atom. The molecule has 2 rings (SSSR count). The molecule has 1 aliphatic carbocycles. The Labute approximate surface area is 143 Å². The van der Waals surface area contributed by atoms with Gasteiger partial charge in [0.15, 0.2) is 0 Å². The molecule has 0 radical (unpaired) electrons. The van der Waals surface area contributed by atoms with Crippen LogP contribution in [0, 0.1) is 11.8 Å². The maximum atomic E-state index is 12.9. The van der Waals surface area contributed by atoms with E-state index in [1.807, 2.05) is 6.92 Å². The van der Waals surface area contributed by atoms with Crippen LogP contribution in [0.3, 0.4) is 0 Å². The third kappa shape index (κ3) is 5.45. The molecule has 0 saturated heterocycles. The average molecular weight is 358 g/mol. The number of hydrogen-bond donors (Lipinski definition) is 3. The molecule has 3 unspecified atom stereocenters. The number of rotatable bonds is 7. The summed E-state index contributed by atoms with van der Waals surface area (Å²) in [7, 11) is 0. The van der Waals surface area contributed by atoms with Gasteiger partial charge in [-0.25, -0.2) is 0 Å². The molecule has 138 valence electrons. The molecule has 1 fully saturated rings. The number of carbonyl (C=O) groups is 2. The van der Waals surface area contributed by atoms with Gasteiger partial charge in [0.1, 0.15) is 0 Å². The monoisotopic (exact) mass is 358 g/mol. The van der Waals surface area contributed by atoms with Crippen molar-refractivity contribution in [2.45, 2.75) is 32.0 Å². The Bertz CT molecular complexity index is 634. The van der Waals surface area contributed by atoms with Crippen LogP contribution in [0.25, 0.3) is 0 Å². The van der Waals surface area contributed by atoms with Crippen molar-refractivity contribution in [2.24, 2.45) is 11.8 Å². The van der Waals surface area contributed by atoms with Crippen LogP contribution in [0.2, 0.25) is 0 Å². The summed E-state index contributed by atoms with van der Waals surface area (Å²) in [5, 5.41) is 15.0. The number of halogens is 3. The zero-order chi connectivity index (χ0) is 18.6. The summed E-state index contributed by atoms with van der Waals surface area (Å²) >= 11 is 0. The third-order valence-corrected chi connectivity index (χ3v) is 4.22. The number of alkyl halides is 3. The van der Waals surface area contributed by atoms with Crippen molar-refractivity contribution in [3.63, 3.8) is 0 Å². The second-order valence-electron chi connectivity index (χ2n) is 6.27. The van der Waals surface area contributed by atoms with E-state index < -0.39 is 23.8 Å². The zero-order valence-electron chi connectivity index (χ0n) is 13.8. The Hall–Kier alpha value is -2.09. The second kappa shape index (κ2) is 7.86. The summed E-state index contributed by atoms with van der Waals surface area (Å²) in [5.74, 6) is -0.145. The number of amides is 2. The molecule has 25 heavy (non-hydrogen) atoms. The highest BCUT2D eigenvalue weighted by Gasteiger charge is 2.38. The van der Waals surface area contributed by atoms with Crippen LogP contribution >= 0.6 is 0 Å². The first-order valence-electron chi connectivity index (χ1n) is 8.08. The van der Waals surface area contributed by atoms with Crippen LogP contribution in [0.4, 0.5) is 13.2 Å². The number of nitrogens with one attached hydrogen (secondary N) is 2. The normalized spacial score (nSPS) is 20.7. The van der Waals surface area contributed by atoms with Crippen LogP contribution in [-0.4, -0.2) is 30.0 Å². The predicted molar refractivity (Wildman–Crippen MR) is 84.3 cm³/mol. The molecule has 8 heteroatoms. The van der Waals surface area contributed by atoms with E-state index in [1.54, 1.807) is 0 Å². The summed E-state index contributed by atoms with van der Waals surface area (Å²) in [6.45, 7) is 1.79. The van der Waals surface area contributed by atoms with Gasteiger partial charge in [0.05, 0.1) is 11.7 Å². The first-order valence-corrected chi connectivity index (χ1v) is 8.08. The minimum atomic E-state index is -4.58. The second-order valence-corrected chi connectivity index (χ2v) is 6.27. The smallest absolute Gasteiger partial charge is 0.387 e. The number of aliphatic hydroxyl groups is 1. The molecule has 2 amide bonds. The van der Waals surface area contributed by atoms with E-state index in [1.165, 1.54) is 18.2 Å². The fourth-order valence-corrected chi connectivity index (χ4v) is 2.57. The number of hydrogen-bond acceptors (Lipinski definition) is 3. The Kier molecular flexibility index (Phi) is 6.05. The first-order chi connectivity index (χ1) is 11.7. The van der Waals surface area contributed by atoms with Crippen LogP contribution in [0.1, 0.15) is 37.0 Å². The van der Waals surface area contributed by atoms with Crippen molar-refractivity contribution in [1.82, 2.24) is 10.6 Å². The Balaban J connectivity index is 1.77. The lowest BCUT2D eigenvalue weighted by molar-refractivity contribution is -0.139. The summed E-state index contributed by atoms with van der Waals surface area (Å²) < 4.78 is 38.7. The topological polar surface area (TPSA) is 78.4 Å². The molecule has 1 saturated carbocycles. The van der Waals surface area contributed by atoms with Gasteiger partial charge in [0.25, 0.3) is 0 Å². The van der Waals surface area contributed by atoms with Crippen LogP contribution < -0.4 is 10.6 Å². The van der Waals surface area contributed by atoms with E-state index >= 15 is 0 Å². The summed E-state index contributed by atoms with van der Waals surface area (Å²) in [5.41, 5.74) is -1.21. The van der Waals surface area contributed by atoms with E-state index in [-0.39, 0.29) is 36.9 Å². The van der Waals surface area contributed by atoms with Gasteiger partial charge in [0.2, 0.25) is 11.8 Å². The fourth-order valence-electron chi connectivity index (χ4n) is 2.57. The molecule has 1 aromatic carbocycles. The first kappa shape index (κ1) is 19.2. The van der Waals surface area contributed by atoms with E-state index in [0.29, 0.717) is 5.92 Å². The molecule has 0 bridgehead atoms. The highest BCUT2D eigenvalue weighted by Crippen LogP contribution is 2.37. The standard InChI is InChI=1S/C17H21F3N2O3/c1-10-8-12(10)16(25)21-7-6-15(24)22-9-14(23)11-4-2-3-5-13(11)17(18,19)20/h2-5,10,12,14,23H,6-9H2,1H3,(H,21,25)(H,22,24). The number of benzene rings is 1. The number of aliphatic hydroxyl groups excluding tert-OH is 1. The lowest BCUT2D eigenvalue weighted by Gasteiger charge is -2.18. The lowest BCUT2D eigenvalue weighted by Crippen LogP contribution is -2.33. The van der Waals surface area contributed by atoms with E-state index in [2.05, 4.69) is 10.6 Å². The molecule has 0 heterocycles. The Morgan fingerprint density at radius 3 is 2.52 bits per heavy atom. The largest absolute Gasteiger partial charge is 0.416 e. The van der Waals surface area contributed by atoms with E-state index in [9.17, 15) is 27.9 Å². The van der Waals surface area contributed by atoms with E-state index in [4.69, 9.17) is 0 Å². The van der Waals surface area contributed by atoms with Gasteiger partial charge in [-0.15, -0.1) is 0 Å². The molecule has 3 N–H and O–H groups in total. The summed E-state index contributed by atoms with van der Waals surface area (Å²) in [6, 6.07) is 4.69. The summed E-state index contributed by atoms with van der Waals surface area (Å²) in [6.07, 6.45) is -5.20. The van der Waals surface area contributed by atoms with Crippen molar-refractivity contribution in [2.75, 3.05) is 13.1 Å². The van der Waals surface area contributed by atoms with Gasteiger partial charge < -0.3 is 15.7 Å². The molecule has 0 aromatic heterocycles. The molecule has 3 atom stereocenters. The average Bonchev–Trinajstić information content (AvgIpc) is 3.28. The van der Waals surface area contributed by atoms with Crippen LogP contribution in [-0.2, 0) is 15.8 Å². The van der Waals surface area contributed by atoms with Crippen molar-refractivity contribution in [3.05, 3.63) is 35.4 Å². The molecule has 0 spiro atoms. The molecule has 1 aliphatic rings. The van der Waals surface area contributed by atoms with Crippen molar-refractivity contribution in [1.29, 1.82) is 0 Å². The SMILES string of the molecule is CC1CC1C(=O)NCCC(=O)NCC(O)c1ccccc1C(F)(F)F. The van der Waals surface area contributed by atoms with Crippen LogP contribution in [0.5, 0.6) is 0 Å². The maximum Gasteiger partial charge on any atom is 0.416 e. The summed E-state index contributed by atoms with van der Waals surface area (Å²) in [4.78, 5) is 23.3. The lowest BCUT2D eigenvalue weighted by atomic mass is 10.0. The van der Waals surface area contributed by atoms with Crippen molar-refractivity contribution < 1.29 is 27.9 Å². The van der Waals surface area contributed by atoms with Gasteiger partial charge >= 0.3 is 6.18 Å². The third-order valence-electron chi connectivity index (χ3n) is 4.22. The zero-order valence-corrected chi connectivity index (χ0v) is 13.8. The van der Waals surface area contributed by atoms with Gasteiger partial charge in [-0.3, -0.25) is 9.59 Å². The van der Waals surface area contributed by atoms with Gasteiger partial charge in [-0.05, 0) is 24.0 Å². The van der Waals surface area contributed by atoms with E-state index in [0.717, 1.165) is 12.5 Å². The highest BCUT2D eigenvalue weighted by molar-refractivity contribution is 5.82. The Morgan fingerprint density at radius 1 is 1.28 bits per heavy atom. The van der Waals surface area contributed by atoms with Crippen molar-refractivity contribution >= 4 is 11.8 Å². The van der Waals surface area contributed by atoms with Gasteiger partial charge in [0, 0.05) is 25.4 Å². The number of carbonyl (C=O) groups excluding carboxylic acids is 2. The minimum absolute atomic E-state index is 0.000475. The maximum absolute atomic E-state index is 12.9.